The lowest BCUT2D eigenvalue weighted by Crippen LogP contribution is -2.22. The largest absolute Gasteiger partial charge is 0.301 e. The molecular formula is C16H30NP. The Morgan fingerprint density at radius 1 is 0.889 bits per heavy atom. The highest BCUT2D eigenvalue weighted by Gasteiger charge is 2.30. The zero-order valence-electron chi connectivity index (χ0n) is 12.1. The average molecular weight is 267 g/mol. The van der Waals surface area contributed by atoms with Crippen molar-refractivity contribution in [3.8, 4) is 0 Å². The zero-order chi connectivity index (χ0) is 12.6. The van der Waals surface area contributed by atoms with E-state index in [1.807, 2.05) is 7.05 Å². The van der Waals surface area contributed by atoms with E-state index in [0.29, 0.717) is 7.92 Å². The zero-order valence-corrected chi connectivity index (χ0v) is 13.0. The molecule has 0 aromatic heterocycles. The Bertz CT molecular complexity index is 221. The van der Waals surface area contributed by atoms with Crippen molar-refractivity contribution in [3.05, 3.63) is 0 Å². The van der Waals surface area contributed by atoms with Crippen LogP contribution in [0.1, 0.15) is 70.6 Å². The maximum atomic E-state index is 4.18. The predicted octanol–water partition coefficient (Wildman–Crippen LogP) is 5.22. The van der Waals surface area contributed by atoms with Crippen LogP contribution in [0.4, 0.5) is 0 Å². The number of rotatable bonds is 5. The topological polar surface area (TPSA) is 12.4 Å². The average Bonchev–Trinajstić information content (AvgIpc) is 2.46. The molecule has 1 nitrogen and oxygen atoms in total. The Balaban J connectivity index is 1.91. The van der Waals surface area contributed by atoms with Crippen molar-refractivity contribution in [2.75, 3.05) is 13.2 Å². The van der Waals surface area contributed by atoms with E-state index in [4.69, 9.17) is 0 Å². The molecule has 2 heteroatoms. The van der Waals surface area contributed by atoms with Gasteiger partial charge in [0.15, 0.2) is 0 Å². The van der Waals surface area contributed by atoms with Crippen LogP contribution in [0.15, 0.2) is 4.99 Å². The fourth-order valence-electron chi connectivity index (χ4n) is 3.82. The molecule has 18 heavy (non-hydrogen) atoms. The van der Waals surface area contributed by atoms with Crippen molar-refractivity contribution in [2.45, 2.75) is 81.9 Å². The molecule has 2 saturated carbocycles. The molecule has 2 fully saturated rings. The molecule has 0 bridgehead atoms. The molecule has 2 aliphatic rings. The van der Waals surface area contributed by atoms with Gasteiger partial charge in [-0.05, 0) is 55.8 Å². The lowest BCUT2D eigenvalue weighted by atomic mass is 9.99. The first-order valence-corrected chi connectivity index (χ1v) is 9.74. The number of hydrogen-bond donors (Lipinski definition) is 0. The quantitative estimate of drug-likeness (QED) is 0.478. The third kappa shape index (κ3) is 4.34. The summed E-state index contributed by atoms with van der Waals surface area (Å²) in [4.78, 5) is 4.18. The van der Waals surface area contributed by atoms with Crippen LogP contribution in [-0.4, -0.2) is 30.7 Å². The molecule has 0 aliphatic heterocycles. The highest BCUT2D eigenvalue weighted by atomic mass is 31.1. The second-order valence-electron chi connectivity index (χ2n) is 6.05. The second-order valence-corrected chi connectivity index (χ2v) is 8.99. The standard InChI is InChI=1S/C16H30NP/c1-17-13-8-14-18(15-9-4-2-5-10-15)16-11-6-3-7-12-16/h13,15-16H,2-12,14H2,1H3. The van der Waals surface area contributed by atoms with Crippen molar-refractivity contribution < 1.29 is 0 Å². The van der Waals surface area contributed by atoms with Crippen LogP contribution in [0.25, 0.3) is 0 Å². The summed E-state index contributed by atoms with van der Waals surface area (Å²) >= 11 is 0. The summed E-state index contributed by atoms with van der Waals surface area (Å²) in [6.07, 6.45) is 20.1. The first-order valence-electron chi connectivity index (χ1n) is 8.08. The Morgan fingerprint density at radius 2 is 1.39 bits per heavy atom. The van der Waals surface area contributed by atoms with Gasteiger partial charge in [-0.2, -0.15) is 0 Å². The van der Waals surface area contributed by atoms with Gasteiger partial charge in [-0.15, -0.1) is 0 Å². The number of aliphatic imine (C=N–C) groups is 1. The summed E-state index contributed by atoms with van der Waals surface area (Å²) in [7, 11) is 2.22. The minimum atomic E-state index is 0.300. The molecule has 0 unspecified atom stereocenters. The van der Waals surface area contributed by atoms with Gasteiger partial charge in [-0.1, -0.05) is 46.4 Å². The molecule has 0 aromatic carbocycles. The van der Waals surface area contributed by atoms with Crippen molar-refractivity contribution in [3.63, 3.8) is 0 Å². The van der Waals surface area contributed by atoms with Gasteiger partial charge in [-0.3, -0.25) is 0 Å². The maximum absolute atomic E-state index is 4.18. The van der Waals surface area contributed by atoms with E-state index in [1.54, 1.807) is 25.7 Å². The molecule has 0 aromatic rings. The van der Waals surface area contributed by atoms with Crippen LogP contribution in [0.5, 0.6) is 0 Å². The number of nitrogens with zero attached hydrogens (tertiary/aromatic N) is 1. The molecular weight excluding hydrogens is 237 g/mol. The van der Waals surface area contributed by atoms with E-state index in [9.17, 15) is 0 Å². The van der Waals surface area contributed by atoms with E-state index in [2.05, 4.69) is 11.2 Å². The Hall–Kier alpha value is 0.100. The van der Waals surface area contributed by atoms with Crippen LogP contribution >= 0.6 is 7.92 Å². The summed E-state index contributed by atoms with van der Waals surface area (Å²) in [5.74, 6) is 0. The predicted molar refractivity (Wildman–Crippen MR) is 84.6 cm³/mol. The fraction of sp³-hybridized carbons (Fsp3) is 0.938. The molecule has 0 N–H and O–H groups in total. The van der Waals surface area contributed by atoms with Crippen molar-refractivity contribution in [2.24, 2.45) is 4.99 Å². The van der Waals surface area contributed by atoms with Gasteiger partial charge in [0.1, 0.15) is 0 Å². The molecule has 0 heterocycles. The van der Waals surface area contributed by atoms with E-state index in [-0.39, 0.29) is 0 Å². The van der Waals surface area contributed by atoms with Gasteiger partial charge < -0.3 is 4.99 Å². The van der Waals surface area contributed by atoms with Crippen LogP contribution in [0.3, 0.4) is 0 Å². The Morgan fingerprint density at radius 3 is 1.83 bits per heavy atom. The highest BCUT2D eigenvalue weighted by molar-refractivity contribution is 7.59. The van der Waals surface area contributed by atoms with Crippen LogP contribution in [0, 0.1) is 0 Å². The Labute approximate surface area is 115 Å². The van der Waals surface area contributed by atoms with Crippen LogP contribution < -0.4 is 0 Å². The van der Waals surface area contributed by atoms with E-state index >= 15 is 0 Å². The lowest BCUT2D eigenvalue weighted by molar-refractivity contribution is 0.484. The van der Waals surface area contributed by atoms with Gasteiger partial charge in [0, 0.05) is 7.05 Å². The van der Waals surface area contributed by atoms with Crippen LogP contribution in [0.2, 0.25) is 0 Å². The fourth-order valence-corrected chi connectivity index (χ4v) is 7.62. The first kappa shape index (κ1) is 14.5. The van der Waals surface area contributed by atoms with Gasteiger partial charge in [0.25, 0.3) is 0 Å². The molecule has 0 atom stereocenters. The lowest BCUT2D eigenvalue weighted by Gasteiger charge is -2.38. The molecule has 2 aliphatic carbocycles. The Kier molecular flexibility index (Phi) is 6.70. The summed E-state index contributed by atoms with van der Waals surface area (Å²) < 4.78 is 0. The molecule has 104 valence electrons. The van der Waals surface area contributed by atoms with Gasteiger partial charge in [0.05, 0.1) is 0 Å². The van der Waals surface area contributed by atoms with E-state index < -0.39 is 0 Å². The van der Waals surface area contributed by atoms with Crippen molar-refractivity contribution in [1.29, 1.82) is 0 Å². The highest BCUT2D eigenvalue weighted by Crippen LogP contribution is 2.55. The first-order chi connectivity index (χ1) is 8.92. The maximum Gasteiger partial charge on any atom is 0.0273 e. The molecule has 0 saturated heterocycles. The molecule has 0 spiro atoms. The smallest absolute Gasteiger partial charge is 0.0273 e. The monoisotopic (exact) mass is 267 g/mol. The summed E-state index contributed by atoms with van der Waals surface area (Å²) in [5.41, 5.74) is 2.23. The van der Waals surface area contributed by atoms with Crippen LogP contribution in [-0.2, 0) is 0 Å². The summed E-state index contributed by atoms with van der Waals surface area (Å²) in [5, 5.41) is 0. The van der Waals surface area contributed by atoms with Gasteiger partial charge >= 0.3 is 0 Å². The summed E-state index contributed by atoms with van der Waals surface area (Å²) in [6, 6.07) is 0. The van der Waals surface area contributed by atoms with Crippen molar-refractivity contribution in [1.82, 2.24) is 0 Å². The summed E-state index contributed by atoms with van der Waals surface area (Å²) in [6.45, 7) is 0. The van der Waals surface area contributed by atoms with E-state index in [0.717, 1.165) is 11.3 Å². The van der Waals surface area contributed by atoms with Crippen molar-refractivity contribution >= 4 is 14.1 Å². The SMILES string of the molecule is CN=CCCP(C1CCCCC1)C1CCCCC1. The van der Waals surface area contributed by atoms with Gasteiger partial charge in [0.2, 0.25) is 0 Å². The van der Waals surface area contributed by atoms with Gasteiger partial charge in [-0.25, -0.2) is 0 Å². The number of hydrogen-bond acceptors (Lipinski definition) is 1. The second kappa shape index (κ2) is 8.31. The third-order valence-electron chi connectivity index (χ3n) is 4.79. The molecule has 2 rings (SSSR count). The molecule has 0 amide bonds. The third-order valence-corrected chi connectivity index (χ3v) is 8.47. The minimum Gasteiger partial charge on any atom is -0.301 e. The van der Waals surface area contributed by atoms with E-state index in [1.165, 1.54) is 51.1 Å². The molecule has 0 radical (unpaired) electrons. The normalized spacial score (nSPS) is 24.1. The minimum absolute atomic E-state index is 0.300.